The summed E-state index contributed by atoms with van der Waals surface area (Å²) in [6.45, 7) is 3.91. The maximum atomic E-state index is 13.3. The van der Waals surface area contributed by atoms with E-state index in [0.717, 1.165) is 11.4 Å². The molecule has 0 spiro atoms. The molecule has 2 aliphatic heterocycles. The fourth-order valence-electron chi connectivity index (χ4n) is 4.09. The van der Waals surface area contributed by atoms with Gasteiger partial charge in [-0.3, -0.25) is 4.79 Å². The van der Waals surface area contributed by atoms with Crippen LogP contribution in [0.4, 0.5) is 11.5 Å². The van der Waals surface area contributed by atoms with Gasteiger partial charge in [0.05, 0.1) is 4.90 Å². The molecule has 0 saturated carbocycles. The van der Waals surface area contributed by atoms with Gasteiger partial charge < -0.3 is 10.2 Å². The van der Waals surface area contributed by atoms with Crippen LogP contribution in [0.3, 0.4) is 0 Å². The van der Waals surface area contributed by atoms with Gasteiger partial charge in [-0.05, 0) is 55.7 Å². The van der Waals surface area contributed by atoms with E-state index in [1.165, 1.54) is 0 Å². The van der Waals surface area contributed by atoms with Crippen molar-refractivity contribution < 1.29 is 13.2 Å². The number of rotatable bonds is 3. The smallest absolute Gasteiger partial charge is 0.243 e. The number of hydrogen-bond acceptors (Lipinski definition) is 7. The molecule has 4 heterocycles. The van der Waals surface area contributed by atoms with E-state index in [4.69, 9.17) is 0 Å². The summed E-state index contributed by atoms with van der Waals surface area (Å²) < 4.78 is 29.8. The fraction of sp³-hybridized carbons (Fsp3) is 0.400. The lowest BCUT2D eigenvalue weighted by Gasteiger charge is -2.23. The molecule has 1 saturated heterocycles. The van der Waals surface area contributed by atoms with Crippen molar-refractivity contribution in [2.75, 3.05) is 36.4 Å². The Kier molecular flexibility index (Phi) is 4.86. The number of anilines is 2. The second-order valence-electron chi connectivity index (χ2n) is 7.82. The number of benzene rings is 1. The first kappa shape index (κ1) is 19.9. The van der Waals surface area contributed by atoms with E-state index in [2.05, 4.69) is 25.5 Å². The summed E-state index contributed by atoms with van der Waals surface area (Å²) in [5, 5.41) is 15.5. The molecule has 2 aliphatic rings. The first-order chi connectivity index (χ1) is 14.9. The largest absolute Gasteiger partial charge is 0.354 e. The zero-order chi connectivity index (χ0) is 21.6. The molecule has 1 amide bonds. The number of aromatic nitrogens is 4. The summed E-state index contributed by atoms with van der Waals surface area (Å²) in [6, 6.07) is 8.72. The highest BCUT2D eigenvalue weighted by Crippen LogP contribution is 2.27. The quantitative estimate of drug-likeness (QED) is 0.650. The van der Waals surface area contributed by atoms with Crippen LogP contribution in [-0.4, -0.2) is 64.6 Å². The molecule has 31 heavy (non-hydrogen) atoms. The van der Waals surface area contributed by atoms with Crippen molar-refractivity contribution in [3.8, 4) is 0 Å². The van der Waals surface area contributed by atoms with Crippen molar-refractivity contribution in [2.45, 2.75) is 31.1 Å². The third-order valence-corrected chi connectivity index (χ3v) is 7.69. The van der Waals surface area contributed by atoms with Gasteiger partial charge >= 0.3 is 0 Å². The highest BCUT2D eigenvalue weighted by Gasteiger charge is 2.28. The molecule has 11 heteroatoms. The van der Waals surface area contributed by atoms with E-state index in [9.17, 15) is 13.2 Å². The number of carbonyl (C=O) groups excluding carboxylic acids is 1. The van der Waals surface area contributed by atoms with Crippen molar-refractivity contribution in [1.29, 1.82) is 0 Å². The maximum Gasteiger partial charge on any atom is 0.243 e. The minimum Gasteiger partial charge on any atom is -0.354 e. The summed E-state index contributed by atoms with van der Waals surface area (Å²) in [4.78, 5) is 13.9. The number of hydrogen-bond donors (Lipinski definition) is 1. The molecule has 162 valence electrons. The van der Waals surface area contributed by atoms with Crippen LogP contribution in [0.25, 0.3) is 5.65 Å². The molecule has 0 radical (unpaired) electrons. The topological polar surface area (TPSA) is 113 Å². The fourth-order valence-corrected chi connectivity index (χ4v) is 5.61. The summed E-state index contributed by atoms with van der Waals surface area (Å²) in [7, 11) is -3.62. The van der Waals surface area contributed by atoms with Gasteiger partial charge in [0.2, 0.25) is 15.9 Å². The molecule has 0 atom stereocenters. The predicted octanol–water partition coefficient (Wildman–Crippen LogP) is 1.22. The van der Waals surface area contributed by atoms with Gasteiger partial charge in [0, 0.05) is 38.3 Å². The summed E-state index contributed by atoms with van der Waals surface area (Å²) in [5.74, 6) is 1.45. The van der Waals surface area contributed by atoms with E-state index >= 15 is 0 Å². The number of sulfonamides is 1. The Morgan fingerprint density at radius 2 is 1.87 bits per heavy atom. The molecular weight excluding hydrogens is 418 g/mol. The zero-order valence-corrected chi connectivity index (χ0v) is 18.0. The predicted molar refractivity (Wildman–Crippen MR) is 115 cm³/mol. The van der Waals surface area contributed by atoms with Crippen LogP contribution < -0.4 is 10.2 Å². The monoisotopic (exact) mass is 441 g/mol. The molecule has 2 aromatic heterocycles. The minimum atomic E-state index is -3.62. The second-order valence-corrected chi connectivity index (χ2v) is 9.76. The van der Waals surface area contributed by atoms with Crippen LogP contribution in [-0.2, 0) is 21.2 Å². The minimum absolute atomic E-state index is 0.0378. The number of amides is 1. The van der Waals surface area contributed by atoms with Crippen LogP contribution in [0, 0.1) is 6.92 Å². The number of aryl methyl sites for hydroxylation is 2. The summed E-state index contributed by atoms with van der Waals surface area (Å²) >= 11 is 0. The van der Waals surface area contributed by atoms with Crippen LogP contribution in [0.5, 0.6) is 0 Å². The van der Waals surface area contributed by atoms with Crippen LogP contribution in [0.2, 0.25) is 0 Å². The van der Waals surface area contributed by atoms with E-state index < -0.39 is 10.0 Å². The van der Waals surface area contributed by atoms with Gasteiger partial charge in [0.1, 0.15) is 5.82 Å². The molecule has 0 aliphatic carbocycles. The van der Waals surface area contributed by atoms with E-state index in [1.54, 1.807) is 27.0 Å². The Labute approximate surface area is 179 Å². The highest BCUT2D eigenvalue weighted by atomic mass is 32.2. The van der Waals surface area contributed by atoms with E-state index in [1.807, 2.05) is 19.1 Å². The zero-order valence-electron chi connectivity index (χ0n) is 17.2. The third-order valence-electron chi connectivity index (χ3n) is 5.79. The van der Waals surface area contributed by atoms with Crippen LogP contribution in [0.15, 0.2) is 35.2 Å². The Hall–Kier alpha value is -3.05. The normalized spacial score (nSPS) is 18.0. The number of carbonyl (C=O) groups is 1. The first-order valence-electron chi connectivity index (χ1n) is 10.3. The molecule has 0 unspecified atom stereocenters. The summed E-state index contributed by atoms with van der Waals surface area (Å²) in [5.41, 5.74) is 2.24. The molecule has 5 rings (SSSR count). The third kappa shape index (κ3) is 3.63. The van der Waals surface area contributed by atoms with Crippen molar-refractivity contribution >= 4 is 33.1 Å². The van der Waals surface area contributed by atoms with Crippen molar-refractivity contribution in [2.24, 2.45) is 0 Å². The van der Waals surface area contributed by atoms with Gasteiger partial charge in [0.25, 0.3) is 0 Å². The number of nitrogens with one attached hydrogen (secondary N) is 1. The Morgan fingerprint density at radius 1 is 1.00 bits per heavy atom. The average Bonchev–Trinajstić information content (AvgIpc) is 2.97. The summed E-state index contributed by atoms with van der Waals surface area (Å²) in [6.07, 6.45) is 1.62. The van der Waals surface area contributed by atoms with Gasteiger partial charge in [-0.2, -0.15) is 8.82 Å². The van der Waals surface area contributed by atoms with Gasteiger partial charge in [-0.15, -0.1) is 15.3 Å². The lowest BCUT2D eigenvalue weighted by molar-refractivity contribution is -0.116. The molecule has 3 aromatic rings. The number of nitrogens with zero attached hydrogens (tertiary/aromatic N) is 6. The van der Waals surface area contributed by atoms with Crippen LogP contribution >= 0.6 is 0 Å². The van der Waals surface area contributed by atoms with E-state index in [-0.39, 0.29) is 10.8 Å². The molecule has 1 N–H and O–H groups in total. The first-order valence-corrected chi connectivity index (χ1v) is 11.7. The number of fused-ring (bicyclic) bond motifs is 2. The molecule has 1 aromatic carbocycles. The molecule has 1 fully saturated rings. The maximum absolute atomic E-state index is 13.3. The Balaban J connectivity index is 1.35. The molecule has 0 bridgehead atoms. The molecular formula is C20H23N7O3S. The highest BCUT2D eigenvalue weighted by molar-refractivity contribution is 7.89. The van der Waals surface area contributed by atoms with E-state index in [0.29, 0.717) is 62.6 Å². The Bertz CT molecular complexity index is 1270. The average molecular weight is 442 g/mol. The van der Waals surface area contributed by atoms with Gasteiger partial charge in [0.15, 0.2) is 11.5 Å². The second kappa shape index (κ2) is 7.57. The standard InChI is InChI=1S/C20H23N7O3S/c1-14-22-23-18-6-7-19(24-27(14)18)25-9-2-10-26(12-11-25)31(29,30)16-4-5-17-15(13-16)3-8-20(28)21-17/h4-7,13H,2-3,8-12H2,1H3,(H,21,28). The molecule has 10 nitrogen and oxygen atoms in total. The lowest BCUT2D eigenvalue weighted by Crippen LogP contribution is -2.35. The van der Waals surface area contributed by atoms with Gasteiger partial charge in [-0.1, -0.05) is 0 Å². The van der Waals surface area contributed by atoms with Crippen molar-refractivity contribution in [1.82, 2.24) is 24.1 Å². The van der Waals surface area contributed by atoms with Gasteiger partial charge in [-0.25, -0.2) is 8.42 Å². The Morgan fingerprint density at radius 3 is 2.74 bits per heavy atom. The SMILES string of the molecule is Cc1nnc2ccc(N3CCCN(S(=O)(=O)c4ccc5c(c4)CCC(=O)N5)CC3)nn12. The van der Waals surface area contributed by atoms with Crippen molar-refractivity contribution in [3.63, 3.8) is 0 Å². The lowest BCUT2D eigenvalue weighted by atomic mass is 10.0. The van der Waals surface area contributed by atoms with Crippen LogP contribution in [0.1, 0.15) is 24.2 Å². The van der Waals surface area contributed by atoms with Crippen molar-refractivity contribution in [3.05, 3.63) is 41.7 Å².